The van der Waals surface area contributed by atoms with Crippen LogP contribution in [0.1, 0.15) is 44.1 Å². The van der Waals surface area contributed by atoms with Crippen LogP contribution in [0.25, 0.3) is 0 Å². The third kappa shape index (κ3) is 4.43. The fourth-order valence-corrected chi connectivity index (χ4v) is 3.70. The molecular weight excluding hydrogens is 276 g/mol. The van der Waals surface area contributed by atoms with E-state index in [1.807, 2.05) is 12.4 Å². The van der Waals surface area contributed by atoms with E-state index in [0.717, 1.165) is 44.1 Å². The first-order valence-electron chi connectivity index (χ1n) is 8.74. The summed E-state index contributed by atoms with van der Waals surface area (Å²) in [5.41, 5.74) is 1.28. The van der Waals surface area contributed by atoms with Gasteiger partial charge in [0.15, 0.2) is 0 Å². The Morgan fingerprint density at radius 2 is 1.95 bits per heavy atom. The smallest absolute Gasteiger partial charge is 0.137 e. The van der Waals surface area contributed by atoms with Crippen molar-refractivity contribution in [1.82, 2.24) is 10.3 Å². The van der Waals surface area contributed by atoms with Crippen LogP contribution in [-0.4, -0.2) is 35.9 Å². The standard InChI is InChI=1S/C18H28N2O2/c21-12-15-5-3-14(4-6-15)8-16-9-18(11-19-10-16)22-13-17-2-1-7-20-17/h9-11,14-15,17,20-21H,1-8,12-13H2/t14-,15-,17-/m0/s1. The second-order valence-corrected chi connectivity index (χ2v) is 6.91. The predicted molar refractivity (Wildman–Crippen MR) is 87.0 cm³/mol. The first kappa shape index (κ1) is 15.8. The van der Waals surface area contributed by atoms with Gasteiger partial charge >= 0.3 is 0 Å². The Morgan fingerprint density at radius 3 is 2.68 bits per heavy atom. The molecule has 1 aliphatic heterocycles. The van der Waals surface area contributed by atoms with Gasteiger partial charge in [0.1, 0.15) is 12.4 Å². The molecule has 4 nitrogen and oxygen atoms in total. The minimum atomic E-state index is 0.354. The normalized spacial score (nSPS) is 28.7. The number of aliphatic hydroxyl groups is 1. The van der Waals surface area contributed by atoms with Crippen molar-refractivity contribution in [1.29, 1.82) is 0 Å². The Kier molecular flexibility index (Phi) is 5.68. The van der Waals surface area contributed by atoms with Gasteiger partial charge in [0.25, 0.3) is 0 Å². The largest absolute Gasteiger partial charge is 0.490 e. The Hall–Kier alpha value is -1.13. The summed E-state index contributed by atoms with van der Waals surface area (Å²) in [6.45, 7) is 2.21. The summed E-state index contributed by atoms with van der Waals surface area (Å²) in [5, 5.41) is 12.7. The van der Waals surface area contributed by atoms with Crippen LogP contribution in [0.5, 0.6) is 5.75 Å². The average Bonchev–Trinajstić information content (AvgIpc) is 3.08. The Labute approximate surface area is 133 Å². The highest BCUT2D eigenvalue weighted by molar-refractivity contribution is 5.24. The molecule has 0 unspecified atom stereocenters. The highest BCUT2D eigenvalue weighted by Crippen LogP contribution is 2.31. The van der Waals surface area contributed by atoms with Crippen LogP contribution >= 0.6 is 0 Å². The van der Waals surface area contributed by atoms with Crippen molar-refractivity contribution in [2.24, 2.45) is 11.8 Å². The summed E-state index contributed by atoms with van der Waals surface area (Å²) in [6.07, 6.45) is 12.1. The van der Waals surface area contributed by atoms with E-state index >= 15 is 0 Å². The van der Waals surface area contributed by atoms with Crippen molar-refractivity contribution < 1.29 is 9.84 Å². The highest BCUT2D eigenvalue weighted by Gasteiger charge is 2.21. The van der Waals surface area contributed by atoms with Crippen LogP contribution in [-0.2, 0) is 6.42 Å². The van der Waals surface area contributed by atoms with Gasteiger partial charge in [-0.05, 0) is 75.0 Å². The number of hydrogen-bond donors (Lipinski definition) is 2. The Balaban J connectivity index is 1.48. The highest BCUT2D eigenvalue weighted by atomic mass is 16.5. The van der Waals surface area contributed by atoms with Gasteiger partial charge in [-0.25, -0.2) is 0 Å². The fourth-order valence-electron chi connectivity index (χ4n) is 3.70. The first-order chi connectivity index (χ1) is 10.8. The van der Waals surface area contributed by atoms with Gasteiger partial charge in [-0.3, -0.25) is 4.98 Å². The van der Waals surface area contributed by atoms with E-state index in [9.17, 15) is 5.11 Å². The van der Waals surface area contributed by atoms with Gasteiger partial charge in [0, 0.05) is 18.8 Å². The van der Waals surface area contributed by atoms with Crippen molar-refractivity contribution in [2.75, 3.05) is 19.8 Å². The molecule has 122 valence electrons. The van der Waals surface area contributed by atoms with Gasteiger partial charge in [0.2, 0.25) is 0 Å². The molecule has 4 heteroatoms. The molecule has 1 atom stereocenters. The van der Waals surface area contributed by atoms with Gasteiger partial charge in [-0.15, -0.1) is 0 Å². The van der Waals surface area contributed by atoms with Crippen molar-refractivity contribution >= 4 is 0 Å². The number of nitrogens with one attached hydrogen (secondary N) is 1. The van der Waals surface area contributed by atoms with Crippen LogP contribution in [0.3, 0.4) is 0 Å². The molecule has 2 fully saturated rings. The summed E-state index contributed by atoms with van der Waals surface area (Å²) in [4.78, 5) is 4.34. The van der Waals surface area contributed by atoms with E-state index in [2.05, 4.69) is 16.4 Å². The maximum absolute atomic E-state index is 9.22. The van der Waals surface area contributed by atoms with E-state index in [1.54, 1.807) is 0 Å². The third-order valence-corrected chi connectivity index (χ3v) is 5.13. The molecule has 1 aromatic heterocycles. The molecule has 1 aliphatic carbocycles. The van der Waals surface area contributed by atoms with Crippen molar-refractivity contribution in [2.45, 2.75) is 51.0 Å². The van der Waals surface area contributed by atoms with Gasteiger partial charge in [-0.2, -0.15) is 0 Å². The molecule has 2 N–H and O–H groups in total. The molecule has 0 bridgehead atoms. The summed E-state index contributed by atoms with van der Waals surface area (Å²) >= 11 is 0. The van der Waals surface area contributed by atoms with Crippen molar-refractivity contribution in [3.63, 3.8) is 0 Å². The number of rotatable bonds is 6. The van der Waals surface area contributed by atoms with E-state index in [4.69, 9.17) is 4.74 Å². The molecule has 2 heterocycles. The molecular formula is C18H28N2O2. The molecule has 22 heavy (non-hydrogen) atoms. The number of hydrogen-bond acceptors (Lipinski definition) is 4. The average molecular weight is 304 g/mol. The monoisotopic (exact) mass is 304 g/mol. The number of nitrogens with zero attached hydrogens (tertiary/aromatic N) is 1. The Bertz CT molecular complexity index is 452. The van der Waals surface area contributed by atoms with E-state index in [1.165, 1.54) is 31.2 Å². The number of aliphatic hydroxyl groups excluding tert-OH is 1. The van der Waals surface area contributed by atoms with Gasteiger partial charge in [-0.1, -0.05) is 0 Å². The molecule has 2 aliphatic rings. The first-order valence-corrected chi connectivity index (χ1v) is 8.74. The van der Waals surface area contributed by atoms with Crippen LogP contribution in [0.2, 0.25) is 0 Å². The van der Waals surface area contributed by atoms with E-state index in [0.29, 0.717) is 18.6 Å². The lowest BCUT2D eigenvalue weighted by Crippen LogP contribution is -2.28. The van der Waals surface area contributed by atoms with Crippen molar-refractivity contribution in [3.05, 3.63) is 24.0 Å². The molecule has 0 radical (unpaired) electrons. The van der Waals surface area contributed by atoms with Crippen LogP contribution in [0.15, 0.2) is 18.5 Å². The fraction of sp³-hybridized carbons (Fsp3) is 0.722. The van der Waals surface area contributed by atoms with Crippen LogP contribution in [0, 0.1) is 11.8 Å². The lowest BCUT2D eigenvalue weighted by atomic mass is 9.80. The Morgan fingerprint density at radius 1 is 1.14 bits per heavy atom. The zero-order valence-corrected chi connectivity index (χ0v) is 13.3. The van der Waals surface area contributed by atoms with E-state index in [-0.39, 0.29) is 0 Å². The molecule has 1 saturated carbocycles. The number of ether oxygens (including phenoxy) is 1. The molecule has 0 amide bonds. The zero-order valence-electron chi connectivity index (χ0n) is 13.3. The quantitative estimate of drug-likeness (QED) is 0.848. The van der Waals surface area contributed by atoms with Gasteiger partial charge in [0.05, 0.1) is 6.20 Å². The third-order valence-electron chi connectivity index (χ3n) is 5.13. The maximum atomic E-state index is 9.22. The minimum absolute atomic E-state index is 0.354. The summed E-state index contributed by atoms with van der Waals surface area (Å²) in [5.74, 6) is 2.16. The van der Waals surface area contributed by atoms with Crippen molar-refractivity contribution in [3.8, 4) is 5.75 Å². The topological polar surface area (TPSA) is 54.4 Å². The van der Waals surface area contributed by atoms with Crippen LogP contribution in [0.4, 0.5) is 0 Å². The molecule has 0 spiro atoms. The molecule has 1 aromatic rings. The summed E-state index contributed by atoms with van der Waals surface area (Å²) < 4.78 is 5.90. The SMILES string of the molecule is OC[C@H]1CC[C@H](Cc2cncc(OC[C@@H]3CCCN3)c2)CC1. The second-order valence-electron chi connectivity index (χ2n) is 6.91. The molecule has 0 aromatic carbocycles. The van der Waals surface area contributed by atoms with Gasteiger partial charge < -0.3 is 15.2 Å². The maximum Gasteiger partial charge on any atom is 0.137 e. The zero-order chi connectivity index (χ0) is 15.2. The van der Waals surface area contributed by atoms with E-state index < -0.39 is 0 Å². The second kappa shape index (κ2) is 7.93. The summed E-state index contributed by atoms with van der Waals surface area (Å²) in [6, 6.07) is 2.65. The molecule has 1 saturated heterocycles. The predicted octanol–water partition coefficient (Wildman–Crippen LogP) is 2.55. The number of pyridine rings is 1. The lowest BCUT2D eigenvalue weighted by molar-refractivity contribution is 0.167. The lowest BCUT2D eigenvalue weighted by Gasteiger charge is -2.27. The molecule has 3 rings (SSSR count). The minimum Gasteiger partial charge on any atom is -0.490 e. The van der Waals surface area contributed by atoms with Crippen LogP contribution < -0.4 is 10.1 Å². The number of aromatic nitrogens is 1. The summed E-state index contributed by atoms with van der Waals surface area (Å²) in [7, 11) is 0.